The van der Waals surface area contributed by atoms with E-state index in [1.807, 2.05) is 12.1 Å². The SMILES string of the molecule is CC(C)CN(CCC#N)Cc1cccnc1NN. The number of hydrogen-bond donors (Lipinski definition) is 2. The molecule has 18 heavy (non-hydrogen) atoms. The van der Waals surface area contributed by atoms with E-state index in [0.29, 0.717) is 18.2 Å². The first-order valence-corrected chi connectivity index (χ1v) is 6.17. The van der Waals surface area contributed by atoms with Crippen molar-refractivity contribution in [2.45, 2.75) is 26.8 Å². The molecular formula is C13H21N5. The van der Waals surface area contributed by atoms with E-state index in [2.05, 4.69) is 35.2 Å². The number of nitrogens with zero attached hydrogens (tertiary/aromatic N) is 3. The van der Waals surface area contributed by atoms with Crippen molar-refractivity contribution in [1.29, 1.82) is 5.26 Å². The van der Waals surface area contributed by atoms with Gasteiger partial charge >= 0.3 is 0 Å². The second-order valence-electron chi connectivity index (χ2n) is 4.69. The molecular weight excluding hydrogens is 226 g/mol. The first-order valence-electron chi connectivity index (χ1n) is 6.17. The summed E-state index contributed by atoms with van der Waals surface area (Å²) in [5, 5.41) is 8.69. The first kappa shape index (κ1) is 14.4. The van der Waals surface area contributed by atoms with Gasteiger partial charge in [0.25, 0.3) is 0 Å². The van der Waals surface area contributed by atoms with Crippen LogP contribution in [0.3, 0.4) is 0 Å². The molecule has 5 nitrogen and oxygen atoms in total. The van der Waals surface area contributed by atoms with Gasteiger partial charge in [0, 0.05) is 37.8 Å². The third-order valence-electron chi connectivity index (χ3n) is 2.59. The summed E-state index contributed by atoms with van der Waals surface area (Å²) in [6.07, 6.45) is 2.25. The molecule has 3 N–H and O–H groups in total. The Kier molecular flexibility index (Phi) is 6.12. The zero-order chi connectivity index (χ0) is 13.4. The van der Waals surface area contributed by atoms with Crippen LogP contribution in [0.25, 0.3) is 0 Å². The number of nitrogen functional groups attached to an aromatic ring is 1. The minimum atomic E-state index is 0.540. The zero-order valence-corrected chi connectivity index (χ0v) is 11.1. The quantitative estimate of drug-likeness (QED) is 0.567. The number of aromatic nitrogens is 1. The molecule has 98 valence electrons. The van der Waals surface area contributed by atoms with Gasteiger partial charge in [0.2, 0.25) is 0 Å². The summed E-state index contributed by atoms with van der Waals surface area (Å²) in [5.41, 5.74) is 3.66. The molecule has 0 unspecified atom stereocenters. The highest BCUT2D eigenvalue weighted by Gasteiger charge is 2.10. The summed E-state index contributed by atoms with van der Waals surface area (Å²) in [7, 11) is 0. The summed E-state index contributed by atoms with van der Waals surface area (Å²) < 4.78 is 0. The van der Waals surface area contributed by atoms with Crippen LogP contribution in [0.2, 0.25) is 0 Å². The molecule has 0 aromatic carbocycles. The summed E-state index contributed by atoms with van der Waals surface area (Å²) >= 11 is 0. The van der Waals surface area contributed by atoms with E-state index in [-0.39, 0.29) is 0 Å². The molecule has 0 aliphatic carbocycles. The minimum Gasteiger partial charge on any atom is -0.308 e. The molecule has 0 atom stereocenters. The molecule has 0 spiro atoms. The zero-order valence-electron chi connectivity index (χ0n) is 11.1. The van der Waals surface area contributed by atoms with Crippen molar-refractivity contribution in [3.63, 3.8) is 0 Å². The van der Waals surface area contributed by atoms with Crippen LogP contribution in [0.5, 0.6) is 0 Å². The lowest BCUT2D eigenvalue weighted by molar-refractivity contribution is 0.241. The van der Waals surface area contributed by atoms with E-state index in [1.54, 1.807) is 6.20 Å². The Balaban J connectivity index is 2.72. The molecule has 0 saturated carbocycles. The average molecular weight is 247 g/mol. The van der Waals surface area contributed by atoms with Crippen LogP contribution < -0.4 is 11.3 Å². The Morgan fingerprint density at radius 1 is 1.56 bits per heavy atom. The van der Waals surface area contributed by atoms with E-state index >= 15 is 0 Å². The van der Waals surface area contributed by atoms with Crippen molar-refractivity contribution >= 4 is 5.82 Å². The predicted molar refractivity (Wildman–Crippen MR) is 72.4 cm³/mol. The van der Waals surface area contributed by atoms with Crippen LogP contribution in [0.15, 0.2) is 18.3 Å². The molecule has 1 aromatic rings. The lowest BCUT2D eigenvalue weighted by Gasteiger charge is -2.24. The van der Waals surface area contributed by atoms with Gasteiger partial charge in [-0.3, -0.25) is 4.90 Å². The molecule has 0 aliphatic rings. The maximum Gasteiger partial charge on any atom is 0.144 e. The topological polar surface area (TPSA) is 78.0 Å². The first-order chi connectivity index (χ1) is 8.67. The molecule has 1 heterocycles. The van der Waals surface area contributed by atoms with E-state index in [9.17, 15) is 0 Å². The highest BCUT2D eigenvalue weighted by Crippen LogP contribution is 2.14. The Hall–Kier alpha value is -1.64. The van der Waals surface area contributed by atoms with Gasteiger partial charge in [-0.25, -0.2) is 10.8 Å². The van der Waals surface area contributed by atoms with E-state index in [1.165, 1.54) is 0 Å². The van der Waals surface area contributed by atoms with Crippen LogP contribution in [0.1, 0.15) is 25.8 Å². The van der Waals surface area contributed by atoms with Gasteiger partial charge in [-0.2, -0.15) is 5.26 Å². The summed E-state index contributed by atoms with van der Waals surface area (Å²) in [6.45, 7) is 6.83. The fourth-order valence-electron chi connectivity index (χ4n) is 1.90. The standard InChI is InChI=1S/C13H21N5/c1-11(2)9-18(8-4-6-14)10-12-5-3-7-16-13(12)17-15/h3,5,7,11H,4,8-10,15H2,1-2H3,(H,16,17). The highest BCUT2D eigenvalue weighted by atomic mass is 15.3. The molecule has 0 radical (unpaired) electrons. The minimum absolute atomic E-state index is 0.540. The van der Waals surface area contributed by atoms with Crippen molar-refractivity contribution in [2.24, 2.45) is 11.8 Å². The van der Waals surface area contributed by atoms with Crippen molar-refractivity contribution in [3.05, 3.63) is 23.9 Å². The van der Waals surface area contributed by atoms with Crippen LogP contribution in [-0.2, 0) is 6.54 Å². The second-order valence-corrected chi connectivity index (χ2v) is 4.69. The largest absolute Gasteiger partial charge is 0.308 e. The Morgan fingerprint density at radius 2 is 2.33 bits per heavy atom. The number of nitrogens with one attached hydrogen (secondary N) is 1. The van der Waals surface area contributed by atoms with Crippen molar-refractivity contribution in [3.8, 4) is 6.07 Å². The lowest BCUT2D eigenvalue weighted by Crippen LogP contribution is -2.29. The maximum absolute atomic E-state index is 8.69. The number of anilines is 1. The molecule has 0 fully saturated rings. The molecule has 1 rings (SSSR count). The van der Waals surface area contributed by atoms with Gasteiger partial charge in [0.1, 0.15) is 5.82 Å². The fourth-order valence-corrected chi connectivity index (χ4v) is 1.90. The Bertz CT molecular complexity index is 397. The van der Waals surface area contributed by atoms with E-state index < -0.39 is 0 Å². The second kappa shape index (κ2) is 7.64. The summed E-state index contributed by atoms with van der Waals surface area (Å²) in [6, 6.07) is 6.09. The van der Waals surface area contributed by atoms with E-state index in [4.69, 9.17) is 11.1 Å². The van der Waals surface area contributed by atoms with Crippen molar-refractivity contribution in [1.82, 2.24) is 9.88 Å². The van der Waals surface area contributed by atoms with Crippen LogP contribution in [-0.4, -0.2) is 23.0 Å². The maximum atomic E-state index is 8.69. The van der Waals surface area contributed by atoms with Gasteiger partial charge in [-0.1, -0.05) is 19.9 Å². The number of nitrogens with two attached hydrogens (primary N) is 1. The van der Waals surface area contributed by atoms with E-state index in [0.717, 1.165) is 25.2 Å². The Labute approximate surface area is 109 Å². The smallest absolute Gasteiger partial charge is 0.144 e. The molecule has 5 heteroatoms. The summed E-state index contributed by atoms with van der Waals surface area (Å²) in [5.74, 6) is 6.71. The van der Waals surface area contributed by atoms with Crippen LogP contribution in [0, 0.1) is 17.2 Å². The van der Waals surface area contributed by atoms with Gasteiger partial charge in [0.15, 0.2) is 0 Å². The van der Waals surface area contributed by atoms with Crippen LogP contribution in [0.4, 0.5) is 5.82 Å². The molecule has 0 bridgehead atoms. The number of hydrazine groups is 1. The predicted octanol–water partition coefficient (Wildman–Crippen LogP) is 1.74. The molecule has 0 aliphatic heterocycles. The van der Waals surface area contributed by atoms with Gasteiger partial charge in [-0.05, 0) is 12.0 Å². The van der Waals surface area contributed by atoms with Crippen molar-refractivity contribution < 1.29 is 0 Å². The number of hydrogen-bond acceptors (Lipinski definition) is 5. The molecule has 0 saturated heterocycles. The normalized spacial score (nSPS) is 10.7. The number of nitriles is 1. The van der Waals surface area contributed by atoms with Gasteiger partial charge < -0.3 is 5.43 Å². The van der Waals surface area contributed by atoms with Crippen LogP contribution >= 0.6 is 0 Å². The third-order valence-corrected chi connectivity index (χ3v) is 2.59. The monoisotopic (exact) mass is 247 g/mol. The van der Waals surface area contributed by atoms with Gasteiger partial charge in [-0.15, -0.1) is 0 Å². The third kappa shape index (κ3) is 4.70. The fraction of sp³-hybridized carbons (Fsp3) is 0.538. The average Bonchev–Trinajstić information content (AvgIpc) is 2.36. The lowest BCUT2D eigenvalue weighted by atomic mass is 10.1. The summed E-state index contributed by atoms with van der Waals surface area (Å²) in [4.78, 5) is 6.44. The van der Waals surface area contributed by atoms with Crippen molar-refractivity contribution in [2.75, 3.05) is 18.5 Å². The van der Waals surface area contributed by atoms with Gasteiger partial charge in [0.05, 0.1) is 6.07 Å². The Morgan fingerprint density at radius 3 is 2.94 bits per heavy atom. The number of pyridine rings is 1. The highest BCUT2D eigenvalue weighted by molar-refractivity contribution is 5.42. The number of rotatable bonds is 7. The molecule has 0 amide bonds. The molecule has 1 aromatic heterocycles.